The quantitative estimate of drug-likeness (QED) is 0.332. The molecule has 1 saturated heterocycles. The summed E-state index contributed by atoms with van der Waals surface area (Å²) < 4.78 is 97.4. The number of hydrogen-bond donors (Lipinski definition) is 1. The van der Waals surface area contributed by atoms with Gasteiger partial charge in [-0.1, -0.05) is 31.2 Å². The van der Waals surface area contributed by atoms with Gasteiger partial charge >= 0.3 is 6.36 Å². The fourth-order valence-electron chi connectivity index (χ4n) is 4.46. The van der Waals surface area contributed by atoms with Gasteiger partial charge in [0.05, 0.1) is 18.4 Å². The second-order valence-corrected chi connectivity index (χ2v) is 11.7. The van der Waals surface area contributed by atoms with E-state index >= 15 is 0 Å². The van der Waals surface area contributed by atoms with E-state index in [4.69, 9.17) is 0 Å². The number of hydrogen-bond acceptors (Lipinski definition) is 8. The summed E-state index contributed by atoms with van der Waals surface area (Å²) in [6.45, 7) is 0.427. The summed E-state index contributed by atoms with van der Waals surface area (Å²) >= 11 is 0. The zero-order valence-electron chi connectivity index (χ0n) is 23.5. The molecular formula is C26H28F5N7O5S. The van der Waals surface area contributed by atoms with Crippen LogP contribution >= 0.6 is 0 Å². The van der Waals surface area contributed by atoms with E-state index in [2.05, 4.69) is 25.5 Å². The Bertz CT molecular complexity index is 1580. The van der Waals surface area contributed by atoms with E-state index in [1.54, 1.807) is 0 Å². The molecule has 1 fully saturated rings. The Morgan fingerprint density at radius 2 is 1.68 bits per heavy atom. The SMILES string of the molecule is CCC(F)(F)c1ccc(CNC(=O)[C@H]2CN(C(=O)Cc3nnn(C)n3)CCN2S(=O)(=O)c2ccc(OC(F)(F)F)cc2)cc1. The number of halogens is 5. The number of rotatable bonds is 10. The minimum Gasteiger partial charge on any atom is -0.406 e. The van der Waals surface area contributed by atoms with Crippen LogP contribution in [0.4, 0.5) is 22.0 Å². The van der Waals surface area contributed by atoms with Gasteiger partial charge in [-0.3, -0.25) is 9.59 Å². The summed E-state index contributed by atoms with van der Waals surface area (Å²) in [6.07, 6.45) is -5.63. The first-order chi connectivity index (χ1) is 20.6. The van der Waals surface area contributed by atoms with Crippen LogP contribution in [0.2, 0.25) is 0 Å². The molecule has 12 nitrogen and oxygen atoms in total. The van der Waals surface area contributed by atoms with E-state index in [0.29, 0.717) is 5.56 Å². The van der Waals surface area contributed by atoms with E-state index in [0.717, 1.165) is 33.4 Å². The Balaban J connectivity index is 1.54. The normalized spacial score (nSPS) is 16.5. The molecule has 0 unspecified atom stereocenters. The molecule has 1 N–H and O–H groups in total. The van der Waals surface area contributed by atoms with Crippen molar-refractivity contribution in [3.8, 4) is 5.75 Å². The fourth-order valence-corrected chi connectivity index (χ4v) is 6.03. The van der Waals surface area contributed by atoms with Crippen LogP contribution < -0.4 is 10.1 Å². The van der Waals surface area contributed by atoms with E-state index in [1.807, 2.05) is 0 Å². The Morgan fingerprint density at radius 3 is 2.25 bits per heavy atom. The van der Waals surface area contributed by atoms with Gasteiger partial charge in [0.1, 0.15) is 11.8 Å². The summed E-state index contributed by atoms with van der Waals surface area (Å²) in [5, 5.41) is 14.0. The standard InChI is InChI=1S/C26H28F5N7O5S/c1-3-25(27,28)18-6-4-17(5-7-18)15-32-24(40)21-16-37(23(39)14-22-33-35-36(2)34-22)12-13-38(21)44(41,42)20-10-8-19(9-11-20)43-26(29,30)31/h4-11,21H,3,12-16H2,1-2H3,(H,32,40)/t21-/m1/s1. The average molecular weight is 646 g/mol. The minimum atomic E-state index is -4.98. The first-order valence-corrected chi connectivity index (χ1v) is 14.7. The highest BCUT2D eigenvalue weighted by Gasteiger charge is 2.41. The third-order valence-corrected chi connectivity index (χ3v) is 8.72. The Labute approximate surface area is 248 Å². The zero-order valence-corrected chi connectivity index (χ0v) is 24.3. The third-order valence-electron chi connectivity index (χ3n) is 6.80. The second-order valence-electron chi connectivity index (χ2n) is 9.84. The zero-order chi connectivity index (χ0) is 32.3. The number of nitrogens with one attached hydrogen (secondary N) is 1. The molecule has 238 valence electrons. The summed E-state index contributed by atoms with van der Waals surface area (Å²) in [6, 6.07) is 7.31. The maximum absolute atomic E-state index is 14.0. The molecule has 0 radical (unpaired) electrons. The highest BCUT2D eigenvalue weighted by Crippen LogP contribution is 2.31. The van der Waals surface area contributed by atoms with Gasteiger partial charge in [-0.05, 0) is 35.0 Å². The molecule has 0 saturated carbocycles. The lowest BCUT2D eigenvalue weighted by atomic mass is 10.0. The Morgan fingerprint density at radius 1 is 1.02 bits per heavy atom. The number of aromatic nitrogens is 4. The third kappa shape index (κ3) is 7.85. The van der Waals surface area contributed by atoms with Crippen molar-refractivity contribution >= 4 is 21.8 Å². The molecule has 2 amide bonds. The summed E-state index contributed by atoms with van der Waals surface area (Å²) in [4.78, 5) is 28.4. The number of amides is 2. The van der Waals surface area contributed by atoms with Gasteiger partial charge in [0.25, 0.3) is 5.92 Å². The number of tetrazole rings is 1. The number of benzene rings is 2. The van der Waals surface area contributed by atoms with Crippen molar-refractivity contribution in [3.05, 3.63) is 65.5 Å². The van der Waals surface area contributed by atoms with Gasteiger partial charge in [0, 0.05) is 38.2 Å². The smallest absolute Gasteiger partial charge is 0.406 e. The van der Waals surface area contributed by atoms with Crippen molar-refractivity contribution in [2.45, 2.75) is 49.5 Å². The number of aryl methyl sites for hydroxylation is 1. The maximum Gasteiger partial charge on any atom is 0.573 e. The van der Waals surface area contributed by atoms with Crippen LogP contribution in [0.5, 0.6) is 5.75 Å². The summed E-state index contributed by atoms with van der Waals surface area (Å²) in [7, 11) is -2.94. The van der Waals surface area contributed by atoms with Crippen molar-refractivity contribution in [2.24, 2.45) is 7.05 Å². The molecule has 0 aliphatic carbocycles. The number of carbonyl (C=O) groups is 2. The van der Waals surface area contributed by atoms with Crippen LogP contribution in [0.1, 0.15) is 30.3 Å². The van der Waals surface area contributed by atoms with Crippen LogP contribution in [-0.4, -0.2) is 81.7 Å². The van der Waals surface area contributed by atoms with Gasteiger partial charge in [0.2, 0.25) is 21.8 Å². The van der Waals surface area contributed by atoms with E-state index < -0.39 is 57.2 Å². The van der Waals surface area contributed by atoms with Crippen molar-refractivity contribution in [1.82, 2.24) is 34.7 Å². The first-order valence-electron chi connectivity index (χ1n) is 13.2. The highest BCUT2D eigenvalue weighted by atomic mass is 32.2. The van der Waals surface area contributed by atoms with E-state index in [1.165, 1.54) is 43.1 Å². The van der Waals surface area contributed by atoms with Gasteiger partial charge in [-0.15, -0.1) is 23.4 Å². The minimum absolute atomic E-state index is 0.107. The largest absolute Gasteiger partial charge is 0.573 e. The molecule has 1 atom stereocenters. The van der Waals surface area contributed by atoms with Crippen LogP contribution in [0, 0.1) is 0 Å². The number of piperazine rings is 1. The lowest BCUT2D eigenvalue weighted by Gasteiger charge is -2.39. The molecule has 44 heavy (non-hydrogen) atoms. The fraction of sp³-hybridized carbons (Fsp3) is 0.423. The topological polar surface area (TPSA) is 140 Å². The molecule has 0 spiro atoms. The Kier molecular flexibility index (Phi) is 9.53. The second kappa shape index (κ2) is 12.8. The van der Waals surface area contributed by atoms with Crippen LogP contribution in [0.3, 0.4) is 0 Å². The van der Waals surface area contributed by atoms with Crippen molar-refractivity contribution in [2.75, 3.05) is 19.6 Å². The summed E-state index contributed by atoms with van der Waals surface area (Å²) in [5.41, 5.74) is 0.263. The van der Waals surface area contributed by atoms with Crippen LogP contribution in [0.15, 0.2) is 53.4 Å². The molecule has 18 heteroatoms. The maximum atomic E-state index is 14.0. The van der Waals surface area contributed by atoms with Gasteiger partial charge in [-0.25, -0.2) is 17.2 Å². The Hall–Kier alpha value is -4.19. The number of carbonyl (C=O) groups excluding carboxylic acids is 2. The van der Waals surface area contributed by atoms with Crippen LogP contribution in [-0.2, 0) is 45.5 Å². The predicted octanol–water partition coefficient (Wildman–Crippen LogP) is 2.37. The number of ether oxygens (including phenoxy) is 1. The first kappa shape index (κ1) is 32.7. The highest BCUT2D eigenvalue weighted by molar-refractivity contribution is 7.89. The van der Waals surface area contributed by atoms with Gasteiger partial charge in [-0.2, -0.15) is 9.10 Å². The molecule has 0 bridgehead atoms. The number of sulfonamides is 1. The molecule has 1 aliphatic heterocycles. The van der Waals surface area contributed by atoms with E-state index in [-0.39, 0.29) is 44.0 Å². The number of nitrogens with zero attached hydrogens (tertiary/aromatic N) is 6. The van der Waals surface area contributed by atoms with Gasteiger partial charge < -0.3 is 15.0 Å². The molecule has 1 aliphatic rings. The molecular weight excluding hydrogens is 617 g/mol. The molecule has 4 rings (SSSR count). The van der Waals surface area contributed by atoms with E-state index in [9.17, 15) is 40.0 Å². The molecule has 2 heterocycles. The van der Waals surface area contributed by atoms with Gasteiger partial charge in [0.15, 0.2) is 5.82 Å². The number of alkyl halides is 5. The summed E-state index contributed by atoms with van der Waals surface area (Å²) in [5.74, 6) is -4.82. The lowest BCUT2D eigenvalue weighted by molar-refractivity contribution is -0.274. The lowest BCUT2D eigenvalue weighted by Crippen LogP contribution is -2.61. The molecule has 3 aromatic rings. The predicted molar refractivity (Wildman–Crippen MR) is 142 cm³/mol. The average Bonchev–Trinajstić information content (AvgIpc) is 3.39. The monoisotopic (exact) mass is 645 g/mol. The molecule has 1 aromatic heterocycles. The molecule has 2 aromatic carbocycles. The van der Waals surface area contributed by atoms with Crippen molar-refractivity contribution < 1.29 is 44.7 Å². The van der Waals surface area contributed by atoms with Crippen molar-refractivity contribution in [1.29, 1.82) is 0 Å². The van der Waals surface area contributed by atoms with Crippen molar-refractivity contribution in [3.63, 3.8) is 0 Å². The van der Waals surface area contributed by atoms with Crippen LogP contribution in [0.25, 0.3) is 0 Å².